The van der Waals surface area contributed by atoms with Gasteiger partial charge in [-0.25, -0.2) is 22.7 Å². The first-order valence-electron chi connectivity index (χ1n) is 6.11. The highest BCUT2D eigenvalue weighted by atomic mass is 35.5. The topological polar surface area (TPSA) is 118 Å². The van der Waals surface area contributed by atoms with Crippen molar-refractivity contribution >= 4 is 39.2 Å². The van der Waals surface area contributed by atoms with E-state index in [1.807, 2.05) is 0 Å². The van der Waals surface area contributed by atoms with Gasteiger partial charge < -0.3 is 10.0 Å². The fourth-order valence-electron chi connectivity index (χ4n) is 2.44. The molecule has 1 heterocycles. The van der Waals surface area contributed by atoms with E-state index >= 15 is 0 Å². The van der Waals surface area contributed by atoms with Gasteiger partial charge in [0, 0.05) is 18.9 Å². The van der Waals surface area contributed by atoms with Crippen LogP contribution >= 0.6 is 11.6 Å². The highest BCUT2D eigenvalue weighted by molar-refractivity contribution is 7.89. The summed E-state index contributed by atoms with van der Waals surface area (Å²) in [6, 6.07) is 1.65. The lowest BCUT2D eigenvalue weighted by Gasteiger charge is -2.20. The molecule has 1 saturated heterocycles. The van der Waals surface area contributed by atoms with Crippen LogP contribution in [0.4, 0.5) is 10.1 Å². The molecule has 1 aromatic carbocycles. The van der Waals surface area contributed by atoms with Crippen LogP contribution < -0.4 is 10.0 Å². The Bertz CT molecular complexity index is 752. The van der Waals surface area contributed by atoms with Gasteiger partial charge in [-0.05, 0) is 12.1 Å². The molecule has 0 spiro atoms. The summed E-state index contributed by atoms with van der Waals surface area (Å²) in [6.45, 7) is -0.0547. The first kappa shape index (κ1) is 16.7. The van der Waals surface area contributed by atoms with Crippen molar-refractivity contribution in [1.29, 1.82) is 0 Å². The number of carbonyl (C=O) groups excluding carboxylic acids is 1. The zero-order chi connectivity index (χ0) is 16.7. The normalized spacial score (nSPS) is 18.8. The van der Waals surface area contributed by atoms with Crippen LogP contribution in [0, 0.1) is 11.7 Å². The number of nitrogens with two attached hydrogens (primary N) is 1. The number of benzene rings is 1. The van der Waals surface area contributed by atoms with Crippen molar-refractivity contribution in [1.82, 2.24) is 0 Å². The smallest absolute Gasteiger partial charge is 0.337 e. The summed E-state index contributed by atoms with van der Waals surface area (Å²) in [4.78, 5) is 24.3. The Morgan fingerprint density at radius 2 is 2.14 bits per heavy atom. The molecule has 1 aliphatic heterocycles. The molecule has 2 rings (SSSR count). The minimum absolute atomic E-state index is 0.0547. The summed E-state index contributed by atoms with van der Waals surface area (Å²) in [6.07, 6.45) is -0.108. The zero-order valence-electron chi connectivity index (χ0n) is 11.1. The predicted molar refractivity (Wildman–Crippen MR) is 76.8 cm³/mol. The Morgan fingerprint density at radius 3 is 2.68 bits per heavy atom. The third kappa shape index (κ3) is 3.54. The lowest BCUT2D eigenvalue weighted by molar-refractivity contribution is -0.117. The van der Waals surface area contributed by atoms with Crippen molar-refractivity contribution in [2.75, 3.05) is 17.2 Å². The summed E-state index contributed by atoms with van der Waals surface area (Å²) in [5.41, 5.74) is -0.605. The number of carbonyl (C=O) groups is 2. The molecule has 120 valence electrons. The molecule has 0 radical (unpaired) electrons. The highest BCUT2D eigenvalue weighted by Crippen LogP contribution is 2.35. The Labute approximate surface area is 130 Å². The van der Waals surface area contributed by atoms with Crippen LogP contribution in [0.3, 0.4) is 0 Å². The number of sulfonamides is 1. The van der Waals surface area contributed by atoms with Gasteiger partial charge in [-0.1, -0.05) is 11.6 Å². The molecule has 0 aromatic heterocycles. The van der Waals surface area contributed by atoms with Gasteiger partial charge in [0.05, 0.1) is 22.0 Å². The van der Waals surface area contributed by atoms with Crippen LogP contribution in [0.5, 0.6) is 0 Å². The molecule has 1 aromatic rings. The molecule has 22 heavy (non-hydrogen) atoms. The van der Waals surface area contributed by atoms with Gasteiger partial charge in [0.25, 0.3) is 0 Å². The number of rotatable bonds is 4. The van der Waals surface area contributed by atoms with Crippen molar-refractivity contribution in [3.63, 3.8) is 0 Å². The van der Waals surface area contributed by atoms with Crippen LogP contribution in [-0.4, -0.2) is 37.7 Å². The second-order valence-corrected chi connectivity index (χ2v) is 7.06. The van der Waals surface area contributed by atoms with E-state index in [0.29, 0.717) is 0 Å². The molecule has 10 heteroatoms. The van der Waals surface area contributed by atoms with Gasteiger partial charge in [0.15, 0.2) is 0 Å². The molecule has 1 unspecified atom stereocenters. The number of primary sulfonamides is 1. The molecule has 7 nitrogen and oxygen atoms in total. The fourth-order valence-corrected chi connectivity index (χ4v) is 3.63. The van der Waals surface area contributed by atoms with Gasteiger partial charge in [0.1, 0.15) is 5.82 Å². The molecule has 3 N–H and O–H groups in total. The Hall–Kier alpha value is -1.71. The molecule has 0 saturated carbocycles. The van der Waals surface area contributed by atoms with E-state index in [1.54, 1.807) is 0 Å². The number of hydrogen-bond acceptors (Lipinski definition) is 4. The Morgan fingerprint density at radius 1 is 1.50 bits per heavy atom. The molecule has 0 bridgehead atoms. The van der Waals surface area contributed by atoms with Crippen molar-refractivity contribution in [3.8, 4) is 0 Å². The summed E-state index contributed by atoms with van der Waals surface area (Å²) >= 11 is 5.86. The molecule has 0 aliphatic carbocycles. The van der Waals surface area contributed by atoms with Crippen molar-refractivity contribution in [2.45, 2.75) is 6.42 Å². The summed E-state index contributed by atoms with van der Waals surface area (Å²) in [5, 5.41) is 13.8. The lowest BCUT2D eigenvalue weighted by Crippen LogP contribution is -2.29. The van der Waals surface area contributed by atoms with Gasteiger partial charge in [0.2, 0.25) is 15.9 Å². The van der Waals surface area contributed by atoms with Gasteiger partial charge in [-0.3, -0.25) is 4.79 Å². The minimum Gasteiger partial charge on any atom is -0.478 e. The molecule has 1 aliphatic rings. The standard InChI is InChI=1S/C12H12ClFN2O5S/c13-9-3-7(14)2-8(12(18)19)11(9)16-4-6(1-10(16)17)5-22(15,20)21/h2-3,6H,1,4-5H2,(H,18,19)(H2,15,20,21). The van der Waals surface area contributed by atoms with Gasteiger partial charge >= 0.3 is 5.97 Å². The largest absolute Gasteiger partial charge is 0.478 e. The predicted octanol–water partition coefficient (Wildman–Crippen LogP) is 0.819. The van der Waals surface area contributed by atoms with Crippen LogP contribution in [-0.2, 0) is 14.8 Å². The third-order valence-electron chi connectivity index (χ3n) is 3.20. The number of carboxylic acid groups (broad SMARTS) is 1. The molecule has 1 atom stereocenters. The maximum atomic E-state index is 13.3. The second-order valence-electron chi connectivity index (χ2n) is 4.99. The quantitative estimate of drug-likeness (QED) is 0.833. The second kappa shape index (κ2) is 5.82. The first-order valence-corrected chi connectivity index (χ1v) is 8.21. The summed E-state index contributed by atoms with van der Waals surface area (Å²) in [7, 11) is -3.77. The fraction of sp³-hybridized carbons (Fsp3) is 0.333. The highest BCUT2D eigenvalue weighted by Gasteiger charge is 2.36. The molecular weight excluding hydrogens is 339 g/mol. The number of nitrogens with zero attached hydrogens (tertiary/aromatic N) is 1. The Balaban J connectivity index is 2.40. The van der Waals surface area contributed by atoms with E-state index < -0.39 is 45.0 Å². The number of halogens is 2. The van der Waals surface area contributed by atoms with Crippen LogP contribution in [0.2, 0.25) is 5.02 Å². The number of amides is 1. The third-order valence-corrected chi connectivity index (χ3v) is 4.43. The molecule has 1 fully saturated rings. The maximum Gasteiger partial charge on any atom is 0.337 e. The molecular formula is C12H12ClFN2O5S. The van der Waals surface area contributed by atoms with E-state index in [9.17, 15) is 22.4 Å². The summed E-state index contributed by atoms with van der Waals surface area (Å²) < 4.78 is 35.5. The van der Waals surface area contributed by atoms with Crippen molar-refractivity contribution in [2.24, 2.45) is 11.1 Å². The van der Waals surface area contributed by atoms with Crippen molar-refractivity contribution in [3.05, 3.63) is 28.5 Å². The number of anilines is 1. The van der Waals surface area contributed by atoms with Crippen LogP contribution in [0.15, 0.2) is 12.1 Å². The van der Waals surface area contributed by atoms with Gasteiger partial charge in [-0.15, -0.1) is 0 Å². The average molecular weight is 351 g/mol. The maximum absolute atomic E-state index is 13.3. The number of hydrogen-bond donors (Lipinski definition) is 2. The Kier molecular flexibility index (Phi) is 4.41. The minimum atomic E-state index is -3.77. The van der Waals surface area contributed by atoms with E-state index in [0.717, 1.165) is 17.0 Å². The SMILES string of the molecule is NS(=O)(=O)CC1CC(=O)N(c2c(Cl)cc(F)cc2C(=O)O)C1. The zero-order valence-corrected chi connectivity index (χ0v) is 12.7. The van der Waals surface area contributed by atoms with Crippen molar-refractivity contribution < 1.29 is 27.5 Å². The van der Waals surface area contributed by atoms with Crippen LogP contribution in [0.1, 0.15) is 16.8 Å². The lowest BCUT2D eigenvalue weighted by atomic mass is 10.1. The average Bonchev–Trinajstić information content (AvgIpc) is 2.66. The van der Waals surface area contributed by atoms with Gasteiger partial charge in [-0.2, -0.15) is 0 Å². The molecule has 1 amide bonds. The van der Waals surface area contributed by atoms with E-state index in [2.05, 4.69) is 0 Å². The summed E-state index contributed by atoms with van der Waals surface area (Å²) in [5.74, 6) is -3.77. The van der Waals surface area contributed by atoms with Crippen LogP contribution in [0.25, 0.3) is 0 Å². The first-order chi connectivity index (χ1) is 10.1. The van der Waals surface area contributed by atoms with E-state index in [4.69, 9.17) is 21.8 Å². The number of carboxylic acids is 1. The van der Waals surface area contributed by atoms with E-state index in [-0.39, 0.29) is 23.7 Å². The van der Waals surface area contributed by atoms with E-state index in [1.165, 1.54) is 0 Å². The monoisotopic (exact) mass is 350 g/mol. The number of aromatic carboxylic acids is 1.